The van der Waals surface area contributed by atoms with E-state index in [0.717, 1.165) is 17.1 Å². The van der Waals surface area contributed by atoms with E-state index in [9.17, 15) is 0 Å². The molecule has 0 saturated heterocycles. The third kappa shape index (κ3) is 5.35. The van der Waals surface area contributed by atoms with Crippen molar-refractivity contribution in [2.24, 2.45) is 0 Å². The van der Waals surface area contributed by atoms with Crippen molar-refractivity contribution >= 4 is 48.6 Å². The molecule has 1 spiro atoms. The van der Waals surface area contributed by atoms with Gasteiger partial charge in [-0.2, -0.15) is 0 Å². The van der Waals surface area contributed by atoms with Crippen LogP contribution < -0.4 is 4.90 Å². The highest BCUT2D eigenvalue weighted by Crippen LogP contribution is 2.67. The molecule has 0 radical (unpaired) electrons. The summed E-state index contributed by atoms with van der Waals surface area (Å²) in [5.74, 6) is 0. The summed E-state index contributed by atoms with van der Waals surface area (Å²) in [6.45, 7) is 0. The third-order valence-corrected chi connectivity index (χ3v) is 14.6. The van der Waals surface area contributed by atoms with Crippen LogP contribution in [0.15, 0.2) is 237 Å². The smallest absolute Gasteiger partial charge is 0.0746 e. The quantitative estimate of drug-likeness (QED) is 0.162. The summed E-state index contributed by atoms with van der Waals surface area (Å²) in [6, 6.07) is 87.8. The first-order chi connectivity index (χ1) is 31.3. The molecule has 2 aliphatic rings. The van der Waals surface area contributed by atoms with E-state index in [1.165, 1.54) is 98.1 Å². The van der Waals surface area contributed by atoms with Gasteiger partial charge in [0.05, 0.1) is 11.1 Å². The van der Waals surface area contributed by atoms with Gasteiger partial charge < -0.3 is 4.90 Å². The van der Waals surface area contributed by atoms with E-state index >= 15 is 0 Å². The Labute approximate surface area is 371 Å². The van der Waals surface area contributed by atoms with E-state index in [4.69, 9.17) is 0 Å². The number of fused-ring (bicyclic) bond motifs is 14. The van der Waals surface area contributed by atoms with Crippen LogP contribution in [-0.2, 0) is 5.41 Å². The van der Waals surface area contributed by atoms with Gasteiger partial charge in [-0.1, -0.05) is 194 Å². The topological polar surface area (TPSA) is 3.24 Å². The molecular formula is C61H39NS. The molecule has 2 heteroatoms. The standard InChI is InChI=1S/C61H39NS/c1-4-18-40(19-5-1)43-24-16-25-46(37-43)62(47-38-44(41-20-6-2-7-21-41)36-45(39-47)42-22-8-3-9-23-42)56-32-17-29-50-48-26-10-13-30-53(48)61(59(50)56)54-31-14-11-28-52(54)58-55(61)35-34-51-49-27-12-15-33-57(49)63-60(51)58/h1-39H. The highest BCUT2D eigenvalue weighted by atomic mass is 32.1. The van der Waals surface area contributed by atoms with Crippen LogP contribution in [0.5, 0.6) is 0 Å². The predicted octanol–water partition coefficient (Wildman–Crippen LogP) is 16.9. The molecule has 1 atom stereocenters. The van der Waals surface area contributed by atoms with Crippen molar-refractivity contribution in [3.63, 3.8) is 0 Å². The molecular weight excluding hydrogens is 779 g/mol. The molecule has 1 unspecified atom stereocenters. The zero-order valence-electron chi connectivity index (χ0n) is 34.4. The number of hydrogen-bond donors (Lipinski definition) is 0. The van der Waals surface area contributed by atoms with E-state index in [1.807, 2.05) is 11.3 Å². The van der Waals surface area contributed by atoms with Gasteiger partial charge in [-0.05, 0) is 109 Å². The van der Waals surface area contributed by atoms with E-state index in [1.54, 1.807) is 0 Å². The molecule has 2 aliphatic carbocycles. The minimum atomic E-state index is -0.576. The number of nitrogens with zero attached hydrogens (tertiary/aromatic N) is 1. The minimum Gasteiger partial charge on any atom is -0.310 e. The van der Waals surface area contributed by atoms with Gasteiger partial charge in [-0.3, -0.25) is 0 Å². The zero-order chi connectivity index (χ0) is 41.5. The maximum Gasteiger partial charge on any atom is 0.0746 e. The van der Waals surface area contributed by atoms with Crippen molar-refractivity contribution in [3.05, 3.63) is 259 Å². The predicted molar refractivity (Wildman–Crippen MR) is 267 cm³/mol. The van der Waals surface area contributed by atoms with E-state index < -0.39 is 5.41 Å². The highest BCUT2D eigenvalue weighted by Gasteiger charge is 2.54. The fourth-order valence-corrected chi connectivity index (χ4v) is 12.1. The Morgan fingerprint density at radius 1 is 0.333 bits per heavy atom. The maximum absolute atomic E-state index is 2.55. The summed E-state index contributed by atoms with van der Waals surface area (Å²) in [6.07, 6.45) is 0. The Balaban J connectivity index is 1.15. The second-order valence-corrected chi connectivity index (χ2v) is 17.8. The van der Waals surface area contributed by atoms with Crippen LogP contribution in [0, 0.1) is 0 Å². The van der Waals surface area contributed by atoms with Crippen molar-refractivity contribution in [2.45, 2.75) is 5.41 Å². The lowest BCUT2D eigenvalue weighted by Crippen LogP contribution is -2.28. The summed E-state index contributed by atoms with van der Waals surface area (Å²) >= 11 is 1.93. The summed E-state index contributed by atoms with van der Waals surface area (Å²) in [5.41, 5.74) is 20.4. The molecule has 0 aliphatic heterocycles. The molecule has 0 saturated carbocycles. The van der Waals surface area contributed by atoms with Crippen LogP contribution in [0.2, 0.25) is 0 Å². The maximum atomic E-state index is 2.55. The van der Waals surface area contributed by atoms with Gasteiger partial charge in [-0.15, -0.1) is 11.3 Å². The fraction of sp³-hybridized carbons (Fsp3) is 0.0164. The lowest BCUT2D eigenvalue weighted by atomic mass is 9.70. The number of hydrogen-bond acceptors (Lipinski definition) is 2. The van der Waals surface area contributed by atoms with E-state index in [-0.39, 0.29) is 0 Å². The summed E-state index contributed by atoms with van der Waals surface area (Å²) in [4.78, 5) is 2.55. The molecule has 0 fully saturated rings. The Bertz CT molecular complexity index is 3510. The van der Waals surface area contributed by atoms with Gasteiger partial charge in [0.1, 0.15) is 0 Å². The molecule has 1 nitrogen and oxygen atoms in total. The van der Waals surface area contributed by atoms with Crippen molar-refractivity contribution in [3.8, 4) is 55.6 Å². The summed E-state index contributed by atoms with van der Waals surface area (Å²) in [5, 5.41) is 2.65. The second kappa shape index (κ2) is 14.1. The van der Waals surface area contributed by atoms with Gasteiger partial charge in [0.15, 0.2) is 0 Å². The second-order valence-electron chi connectivity index (χ2n) is 16.8. The molecule has 11 aromatic rings. The highest BCUT2D eigenvalue weighted by molar-refractivity contribution is 7.26. The minimum absolute atomic E-state index is 0.576. The number of benzene rings is 10. The molecule has 0 bridgehead atoms. The molecule has 10 aromatic carbocycles. The van der Waals surface area contributed by atoms with Gasteiger partial charge >= 0.3 is 0 Å². The summed E-state index contributed by atoms with van der Waals surface area (Å²) < 4.78 is 2.68. The van der Waals surface area contributed by atoms with Crippen LogP contribution in [0.4, 0.5) is 17.1 Å². The largest absolute Gasteiger partial charge is 0.310 e. The Hall–Kier alpha value is -7.78. The number of anilines is 3. The third-order valence-electron chi connectivity index (χ3n) is 13.4. The van der Waals surface area contributed by atoms with Gasteiger partial charge in [0, 0.05) is 42.7 Å². The number of rotatable bonds is 6. The first-order valence-corrected chi connectivity index (χ1v) is 22.6. The van der Waals surface area contributed by atoms with Crippen LogP contribution in [0.1, 0.15) is 22.3 Å². The summed E-state index contributed by atoms with van der Waals surface area (Å²) in [7, 11) is 0. The van der Waals surface area contributed by atoms with E-state index in [0.29, 0.717) is 0 Å². The first kappa shape index (κ1) is 35.9. The molecule has 0 amide bonds. The Morgan fingerprint density at radius 2 is 0.873 bits per heavy atom. The van der Waals surface area contributed by atoms with Crippen LogP contribution >= 0.6 is 11.3 Å². The molecule has 0 N–H and O–H groups in total. The Morgan fingerprint density at radius 3 is 1.59 bits per heavy atom. The van der Waals surface area contributed by atoms with Crippen molar-refractivity contribution in [1.82, 2.24) is 0 Å². The fourth-order valence-electron chi connectivity index (χ4n) is 10.8. The molecule has 1 aromatic heterocycles. The molecule has 1 heterocycles. The Kier molecular flexibility index (Phi) is 8.06. The van der Waals surface area contributed by atoms with Crippen LogP contribution in [0.3, 0.4) is 0 Å². The van der Waals surface area contributed by atoms with Gasteiger partial charge in [-0.25, -0.2) is 0 Å². The normalized spacial score (nSPS) is 14.4. The van der Waals surface area contributed by atoms with Crippen LogP contribution in [0.25, 0.3) is 75.8 Å². The van der Waals surface area contributed by atoms with Crippen LogP contribution in [-0.4, -0.2) is 0 Å². The lowest BCUT2D eigenvalue weighted by molar-refractivity contribution is 0.793. The van der Waals surface area contributed by atoms with E-state index in [2.05, 4.69) is 241 Å². The zero-order valence-corrected chi connectivity index (χ0v) is 35.2. The molecule has 63 heavy (non-hydrogen) atoms. The lowest BCUT2D eigenvalue weighted by Gasteiger charge is -2.36. The average molecular weight is 818 g/mol. The van der Waals surface area contributed by atoms with Crippen molar-refractivity contribution in [2.75, 3.05) is 4.90 Å². The van der Waals surface area contributed by atoms with Gasteiger partial charge in [0.25, 0.3) is 0 Å². The SMILES string of the molecule is c1ccc(-c2cccc(N(c3cc(-c4ccccc4)cc(-c4ccccc4)c3)c3cccc4c3C3(c5ccccc5-4)c4ccccc4-c4c3ccc3c4sc4ccccc43)c2)cc1. The van der Waals surface area contributed by atoms with Crippen molar-refractivity contribution in [1.29, 1.82) is 0 Å². The first-order valence-electron chi connectivity index (χ1n) is 21.8. The van der Waals surface area contributed by atoms with Crippen molar-refractivity contribution < 1.29 is 0 Å². The van der Waals surface area contributed by atoms with Gasteiger partial charge in [0.2, 0.25) is 0 Å². The monoisotopic (exact) mass is 817 g/mol. The molecule has 294 valence electrons. The average Bonchev–Trinajstić information content (AvgIpc) is 3.99. The molecule has 13 rings (SSSR count). The number of thiophene rings is 1.